The first-order valence-electron chi connectivity index (χ1n) is 9.25. The van der Waals surface area contributed by atoms with E-state index in [9.17, 15) is 4.39 Å². The Morgan fingerprint density at radius 3 is 2.62 bits per heavy atom. The van der Waals surface area contributed by atoms with Gasteiger partial charge in [-0.3, -0.25) is 0 Å². The van der Waals surface area contributed by atoms with Crippen LogP contribution < -0.4 is 0 Å². The summed E-state index contributed by atoms with van der Waals surface area (Å²) in [6.45, 7) is 6.87. The van der Waals surface area contributed by atoms with Gasteiger partial charge in [0.25, 0.3) is 5.89 Å². The van der Waals surface area contributed by atoms with Crippen LogP contribution in [0.3, 0.4) is 0 Å². The van der Waals surface area contributed by atoms with E-state index in [2.05, 4.69) is 34.2 Å². The number of halogens is 1. The average Bonchev–Trinajstić information content (AvgIpc) is 3.43. The lowest BCUT2D eigenvalue weighted by molar-refractivity contribution is 0.493. The molecule has 0 fully saturated rings. The van der Waals surface area contributed by atoms with Gasteiger partial charge in [-0.15, -0.1) is 31.7 Å². The molecule has 9 heteroatoms. The Morgan fingerprint density at radius 1 is 1.07 bits per heavy atom. The van der Waals surface area contributed by atoms with Crippen LogP contribution in [0.4, 0.5) is 4.39 Å². The molecule has 3 heterocycles. The van der Waals surface area contributed by atoms with Crippen molar-refractivity contribution in [3.63, 3.8) is 0 Å². The predicted octanol–water partition coefficient (Wildman–Crippen LogP) is 5.71. The van der Waals surface area contributed by atoms with E-state index in [1.165, 1.54) is 17.8 Å². The number of thioether (sulfide) groups is 1. The summed E-state index contributed by atoms with van der Waals surface area (Å²) in [5.74, 6) is 1.59. The van der Waals surface area contributed by atoms with Gasteiger partial charge in [-0.25, -0.2) is 4.39 Å². The summed E-state index contributed by atoms with van der Waals surface area (Å²) in [6.07, 6.45) is 0. The molecule has 1 atom stereocenters. The zero-order chi connectivity index (χ0) is 20.4. The van der Waals surface area contributed by atoms with Crippen molar-refractivity contribution >= 4 is 23.1 Å². The Balaban J connectivity index is 1.62. The Labute approximate surface area is 176 Å². The lowest BCUT2D eigenvalue weighted by atomic mass is 10.2. The van der Waals surface area contributed by atoms with Gasteiger partial charge in [0.15, 0.2) is 11.0 Å². The van der Waals surface area contributed by atoms with Crippen LogP contribution in [0.15, 0.2) is 51.4 Å². The van der Waals surface area contributed by atoms with Crippen LogP contribution in [-0.2, 0) is 6.54 Å². The Morgan fingerprint density at radius 2 is 1.90 bits per heavy atom. The summed E-state index contributed by atoms with van der Waals surface area (Å²) in [5, 5.41) is 19.5. The zero-order valence-corrected chi connectivity index (χ0v) is 17.9. The molecule has 1 aromatic carbocycles. The minimum atomic E-state index is -0.313. The van der Waals surface area contributed by atoms with Gasteiger partial charge in [-0.05, 0) is 36.4 Å². The van der Waals surface area contributed by atoms with Crippen LogP contribution in [0.2, 0.25) is 0 Å². The highest BCUT2D eigenvalue weighted by molar-refractivity contribution is 7.99. The topological polar surface area (TPSA) is 69.6 Å². The molecular formula is C20H20FN5OS2. The number of hydrogen-bond acceptors (Lipinski definition) is 7. The summed E-state index contributed by atoms with van der Waals surface area (Å²) in [4.78, 5) is 0.936. The second-order valence-corrected chi connectivity index (χ2v) is 9.23. The Kier molecular flexibility index (Phi) is 5.77. The van der Waals surface area contributed by atoms with Crippen molar-refractivity contribution in [1.29, 1.82) is 0 Å². The van der Waals surface area contributed by atoms with Crippen LogP contribution in [-0.4, -0.2) is 25.0 Å². The zero-order valence-electron chi connectivity index (χ0n) is 16.2. The SMILES string of the molecule is CC(C)Cn1c(SC(C)c2nnc(-c3cccs3)o2)nnc1-c1ccccc1F. The smallest absolute Gasteiger partial charge is 0.257 e. The van der Waals surface area contributed by atoms with Crippen molar-refractivity contribution in [3.05, 3.63) is 53.5 Å². The molecule has 0 N–H and O–H groups in total. The third kappa shape index (κ3) is 4.25. The third-order valence-corrected chi connectivity index (χ3v) is 6.11. The Bertz CT molecular complexity index is 1090. The van der Waals surface area contributed by atoms with Gasteiger partial charge < -0.3 is 8.98 Å². The highest BCUT2D eigenvalue weighted by atomic mass is 32.2. The van der Waals surface area contributed by atoms with Gasteiger partial charge in [0.05, 0.1) is 15.7 Å². The molecule has 0 aliphatic rings. The second-order valence-electron chi connectivity index (χ2n) is 6.97. The summed E-state index contributed by atoms with van der Waals surface area (Å²) in [7, 11) is 0. The van der Waals surface area contributed by atoms with Gasteiger partial charge in [0.2, 0.25) is 5.89 Å². The van der Waals surface area contributed by atoms with Crippen LogP contribution >= 0.6 is 23.1 Å². The first-order chi connectivity index (χ1) is 14.0. The lowest BCUT2D eigenvalue weighted by Gasteiger charge is -2.14. The van der Waals surface area contributed by atoms with E-state index >= 15 is 0 Å². The van der Waals surface area contributed by atoms with Crippen LogP contribution in [0.25, 0.3) is 22.2 Å². The largest absolute Gasteiger partial charge is 0.419 e. The van der Waals surface area contributed by atoms with Crippen molar-refractivity contribution in [1.82, 2.24) is 25.0 Å². The van der Waals surface area contributed by atoms with Gasteiger partial charge in [-0.2, -0.15) is 0 Å². The maximum Gasteiger partial charge on any atom is 0.257 e. The molecule has 4 aromatic rings. The molecule has 0 aliphatic heterocycles. The molecule has 150 valence electrons. The predicted molar refractivity (Wildman–Crippen MR) is 112 cm³/mol. The Hall–Kier alpha value is -2.52. The monoisotopic (exact) mass is 429 g/mol. The molecule has 0 bridgehead atoms. The lowest BCUT2D eigenvalue weighted by Crippen LogP contribution is -2.09. The van der Waals surface area contributed by atoms with E-state index in [1.54, 1.807) is 29.5 Å². The summed E-state index contributed by atoms with van der Waals surface area (Å²) in [5.41, 5.74) is 0.443. The van der Waals surface area contributed by atoms with Crippen molar-refractivity contribution in [3.8, 4) is 22.2 Å². The number of thiophene rings is 1. The van der Waals surface area contributed by atoms with E-state index in [1.807, 2.05) is 29.0 Å². The van der Waals surface area contributed by atoms with Gasteiger partial charge >= 0.3 is 0 Å². The fourth-order valence-electron chi connectivity index (χ4n) is 2.85. The van der Waals surface area contributed by atoms with Gasteiger partial charge in [0.1, 0.15) is 5.82 Å². The number of hydrogen-bond donors (Lipinski definition) is 0. The molecule has 0 spiro atoms. The number of benzene rings is 1. The standard InChI is InChI=1S/C20H20FN5OS2/c1-12(2)11-26-17(14-7-4-5-8-15(14)21)22-25-20(26)29-13(3)18-23-24-19(27-18)16-9-6-10-28-16/h4-10,12-13H,11H2,1-3H3. The van der Waals surface area contributed by atoms with E-state index in [0.717, 1.165) is 4.88 Å². The highest BCUT2D eigenvalue weighted by Gasteiger charge is 2.23. The van der Waals surface area contributed by atoms with Crippen molar-refractivity contribution < 1.29 is 8.81 Å². The molecular weight excluding hydrogens is 409 g/mol. The third-order valence-electron chi connectivity index (χ3n) is 4.18. The minimum absolute atomic E-state index is 0.125. The fraction of sp³-hybridized carbons (Fsp3) is 0.300. The molecule has 0 radical (unpaired) electrons. The molecule has 0 amide bonds. The van der Waals surface area contributed by atoms with E-state index in [0.29, 0.717) is 40.8 Å². The summed E-state index contributed by atoms with van der Waals surface area (Å²) in [6, 6.07) is 10.5. The fourth-order valence-corrected chi connectivity index (χ4v) is 4.39. The quantitative estimate of drug-likeness (QED) is 0.351. The highest BCUT2D eigenvalue weighted by Crippen LogP contribution is 2.36. The molecule has 4 rings (SSSR count). The molecule has 6 nitrogen and oxygen atoms in total. The van der Waals surface area contributed by atoms with E-state index in [-0.39, 0.29) is 11.1 Å². The average molecular weight is 430 g/mol. The normalized spacial score (nSPS) is 12.6. The molecule has 0 saturated carbocycles. The van der Waals surface area contributed by atoms with Crippen molar-refractivity contribution in [2.75, 3.05) is 0 Å². The van der Waals surface area contributed by atoms with Crippen LogP contribution in [0, 0.1) is 11.7 Å². The second kappa shape index (κ2) is 8.46. The van der Waals surface area contributed by atoms with Gasteiger partial charge in [-0.1, -0.05) is 43.8 Å². The maximum atomic E-state index is 14.3. The molecule has 29 heavy (non-hydrogen) atoms. The summed E-state index contributed by atoms with van der Waals surface area (Å²) < 4.78 is 22.1. The van der Waals surface area contributed by atoms with Crippen LogP contribution in [0.1, 0.15) is 31.9 Å². The minimum Gasteiger partial charge on any atom is -0.419 e. The first kappa shape index (κ1) is 19.8. The molecule has 0 aliphatic carbocycles. The first-order valence-corrected chi connectivity index (χ1v) is 11.0. The van der Waals surface area contributed by atoms with E-state index < -0.39 is 0 Å². The molecule has 1 unspecified atom stereocenters. The molecule has 3 aromatic heterocycles. The van der Waals surface area contributed by atoms with Crippen molar-refractivity contribution in [2.45, 2.75) is 37.7 Å². The number of rotatable bonds is 7. The summed E-state index contributed by atoms with van der Waals surface area (Å²) >= 11 is 3.02. The van der Waals surface area contributed by atoms with Crippen LogP contribution in [0.5, 0.6) is 0 Å². The van der Waals surface area contributed by atoms with E-state index in [4.69, 9.17) is 4.42 Å². The maximum absolute atomic E-state index is 14.3. The number of aromatic nitrogens is 5. The van der Waals surface area contributed by atoms with Gasteiger partial charge in [0, 0.05) is 6.54 Å². The van der Waals surface area contributed by atoms with Crippen molar-refractivity contribution in [2.24, 2.45) is 5.92 Å². The number of nitrogens with zero attached hydrogens (tertiary/aromatic N) is 5. The molecule has 0 saturated heterocycles.